The fraction of sp³-hybridized carbons (Fsp3) is 0.476. The molecule has 0 radical (unpaired) electrons. The van der Waals surface area contributed by atoms with E-state index in [1.54, 1.807) is 6.20 Å². The first-order chi connectivity index (χ1) is 13.5. The molecule has 7 heteroatoms. The predicted octanol–water partition coefficient (Wildman–Crippen LogP) is 2.64. The van der Waals surface area contributed by atoms with E-state index in [0.29, 0.717) is 17.2 Å². The molecule has 2 aromatic rings. The zero-order valence-electron chi connectivity index (χ0n) is 17.3. The number of likely N-dealkylation sites (N-methyl/N-ethyl adjacent to an activating group) is 1. The molecule has 150 valence electrons. The Balaban J connectivity index is 1.67. The van der Waals surface area contributed by atoms with Crippen molar-refractivity contribution in [2.75, 3.05) is 61.4 Å². The summed E-state index contributed by atoms with van der Waals surface area (Å²) in [7, 11) is 2.12. The molecule has 0 unspecified atom stereocenters. The van der Waals surface area contributed by atoms with E-state index in [4.69, 9.17) is 0 Å². The number of amides is 1. The maximum atomic E-state index is 12.7. The topological polar surface area (TPSA) is 64.6 Å². The second kappa shape index (κ2) is 9.01. The van der Waals surface area contributed by atoms with E-state index >= 15 is 0 Å². The number of nitrogens with one attached hydrogen (secondary N) is 1. The third kappa shape index (κ3) is 4.59. The van der Waals surface area contributed by atoms with Crippen molar-refractivity contribution < 1.29 is 4.79 Å². The van der Waals surface area contributed by atoms with Gasteiger partial charge >= 0.3 is 0 Å². The minimum atomic E-state index is -0.182. The largest absolute Gasteiger partial charge is 0.372 e. The van der Waals surface area contributed by atoms with Crippen molar-refractivity contribution in [1.82, 2.24) is 14.9 Å². The predicted molar refractivity (Wildman–Crippen MR) is 114 cm³/mol. The summed E-state index contributed by atoms with van der Waals surface area (Å²) in [6, 6.07) is 7.92. The van der Waals surface area contributed by atoms with Gasteiger partial charge in [-0.3, -0.25) is 4.79 Å². The van der Waals surface area contributed by atoms with Crippen LogP contribution in [-0.2, 0) is 0 Å². The van der Waals surface area contributed by atoms with Gasteiger partial charge in [0.2, 0.25) is 5.95 Å². The molecule has 1 fully saturated rings. The van der Waals surface area contributed by atoms with Crippen LogP contribution in [0.4, 0.5) is 17.3 Å². The van der Waals surface area contributed by atoms with Crippen LogP contribution >= 0.6 is 0 Å². The fourth-order valence-corrected chi connectivity index (χ4v) is 3.38. The zero-order chi connectivity index (χ0) is 20.1. The van der Waals surface area contributed by atoms with Crippen molar-refractivity contribution in [3.8, 4) is 0 Å². The fourth-order valence-electron chi connectivity index (χ4n) is 3.38. The highest BCUT2D eigenvalue weighted by atomic mass is 16.1. The molecule has 3 rings (SSSR count). The van der Waals surface area contributed by atoms with Gasteiger partial charge in [0.05, 0.1) is 11.3 Å². The number of anilines is 3. The third-order valence-corrected chi connectivity index (χ3v) is 5.25. The second-order valence-corrected chi connectivity index (χ2v) is 7.13. The highest BCUT2D eigenvalue weighted by Gasteiger charge is 2.19. The van der Waals surface area contributed by atoms with Crippen molar-refractivity contribution in [2.24, 2.45) is 0 Å². The van der Waals surface area contributed by atoms with Crippen molar-refractivity contribution in [1.29, 1.82) is 0 Å². The van der Waals surface area contributed by atoms with Crippen LogP contribution in [0.2, 0.25) is 0 Å². The van der Waals surface area contributed by atoms with Crippen LogP contribution in [0.5, 0.6) is 0 Å². The molecule has 1 aromatic heterocycles. The van der Waals surface area contributed by atoms with Gasteiger partial charge in [-0.15, -0.1) is 0 Å². The summed E-state index contributed by atoms with van der Waals surface area (Å²) in [6.07, 6.45) is 1.63. The number of aromatic nitrogens is 2. The first kappa shape index (κ1) is 20.1. The summed E-state index contributed by atoms with van der Waals surface area (Å²) in [5.41, 5.74) is 3.12. The maximum Gasteiger partial charge on any atom is 0.259 e. The quantitative estimate of drug-likeness (QED) is 0.829. The Hall–Kier alpha value is -2.67. The minimum absolute atomic E-state index is 0.182. The molecule has 0 bridgehead atoms. The smallest absolute Gasteiger partial charge is 0.259 e. The van der Waals surface area contributed by atoms with Crippen LogP contribution < -0.4 is 15.1 Å². The Labute approximate surface area is 167 Å². The van der Waals surface area contributed by atoms with Crippen molar-refractivity contribution >= 4 is 23.2 Å². The highest BCUT2D eigenvalue weighted by molar-refractivity contribution is 6.04. The molecule has 1 saturated heterocycles. The maximum absolute atomic E-state index is 12.7. The van der Waals surface area contributed by atoms with Gasteiger partial charge in [0, 0.05) is 56.8 Å². The number of nitrogens with zero attached hydrogens (tertiary/aromatic N) is 5. The molecule has 1 aliphatic rings. The molecular formula is C21H30N6O. The molecule has 7 nitrogen and oxygen atoms in total. The molecule has 0 aliphatic carbocycles. The lowest BCUT2D eigenvalue weighted by atomic mass is 10.2. The Morgan fingerprint density at radius 1 is 1.11 bits per heavy atom. The number of aryl methyl sites for hydroxylation is 1. The van der Waals surface area contributed by atoms with Crippen LogP contribution in [0.1, 0.15) is 29.9 Å². The number of benzene rings is 1. The molecule has 0 atom stereocenters. The molecule has 2 heterocycles. The van der Waals surface area contributed by atoms with E-state index in [1.165, 1.54) is 0 Å². The van der Waals surface area contributed by atoms with Crippen LogP contribution in [0.3, 0.4) is 0 Å². The van der Waals surface area contributed by atoms with Gasteiger partial charge in [-0.1, -0.05) is 0 Å². The third-order valence-electron chi connectivity index (χ3n) is 5.25. The van der Waals surface area contributed by atoms with Crippen LogP contribution in [-0.4, -0.2) is 67.1 Å². The van der Waals surface area contributed by atoms with Gasteiger partial charge in [-0.2, -0.15) is 0 Å². The lowest BCUT2D eigenvalue weighted by Crippen LogP contribution is -2.45. The first-order valence-electron chi connectivity index (χ1n) is 9.95. The molecular weight excluding hydrogens is 352 g/mol. The SMILES string of the molecule is CCN(CC)c1ccc(NC(=O)c2cnc(N3CCN(C)CC3)nc2C)cc1. The van der Waals surface area contributed by atoms with Crippen LogP contribution in [0.25, 0.3) is 0 Å². The number of carbonyl (C=O) groups is 1. The zero-order valence-corrected chi connectivity index (χ0v) is 17.3. The Kier molecular flexibility index (Phi) is 6.46. The Morgan fingerprint density at radius 2 is 1.75 bits per heavy atom. The van der Waals surface area contributed by atoms with E-state index in [2.05, 4.69) is 50.9 Å². The van der Waals surface area contributed by atoms with Gasteiger partial charge in [-0.05, 0) is 52.1 Å². The van der Waals surface area contributed by atoms with Crippen LogP contribution in [0.15, 0.2) is 30.5 Å². The molecule has 0 spiro atoms. The Bertz CT molecular complexity index is 795. The molecule has 1 aliphatic heterocycles. The second-order valence-electron chi connectivity index (χ2n) is 7.13. The normalized spacial score (nSPS) is 14.8. The highest BCUT2D eigenvalue weighted by Crippen LogP contribution is 2.19. The average Bonchev–Trinajstić information content (AvgIpc) is 2.70. The molecule has 1 amide bonds. The number of rotatable bonds is 6. The monoisotopic (exact) mass is 382 g/mol. The lowest BCUT2D eigenvalue weighted by molar-refractivity contribution is 0.102. The molecule has 0 saturated carbocycles. The minimum Gasteiger partial charge on any atom is -0.372 e. The van der Waals surface area contributed by atoms with Gasteiger partial charge in [0.25, 0.3) is 5.91 Å². The number of hydrogen-bond donors (Lipinski definition) is 1. The first-order valence-corrected chi connectivity index (χ1v) is 9.95. The summed E-state index contributed by atoms with van der Waals surface area (Å²) >= 11 is 0. The number of carbonyl (C=O) groups excluding carboxylic acids is 1. The molecule has 28 heavy (non-hydrogen) atoms. The van der Waals surface area contributed by atoms with Crippen LogP contribution in [0, 0.1) is 6.92 Å². The summed E-state index contributed by atoms with van der Waals surface area (Å²) in [5.74, 6) is 0.517. The van der Waals surface area contributed by atoms with Gasteiger partial charge < -0.3 is 20.0 Å². The average molecular weight is 383 g/mol. The lowest BCUT2D eigenvalue weighted by Gasteiger charge is -2.32. The van der Waals surface area contributed by atoms with Gasteiger partial charge in [0.15, 0.2) is 0 Å². The standard InChI is InChI=1S/C21H30N6O/c1-5-26(6-2)18-9-7-17(8-10-18)24-20(28)19-15-22-21(23-16(19)3)27-13-11-25(4)12-14-27/h7-10,15H,5-6,11-14H2,1-4H3,(H,24,28). The number of piperazine rings is 1. The van der Waals surface area contributed by atoms with E-state index in [9.17, 15) is 4.79 Å². The number of hydrogen-bond acceptors (Lipinski definition) is 6. The molecule has 1 aromatic carbocycles. The van der Waals surface area contributed by atoms with Gasteiger partial charge in [0.1, 0.15) is 0 Å². The summed E-state index contributed by atoms with van der Waals surface area (Å²) in [6.45, 7) is 11.8. The van der Waals surface area contributed by atoms with E-state index in [-0.39, 0.29) is 5.91 Å². The van der Waals surface area contributed by atoms with E-state index < -0.39 is 0 Å². The van der Waals surface area contributed by atoms with Crippen molar-refractivity contribution in [2.45, 2.75) is 20.8 Å². The van der Waals surface area contributed by atoms with Crippen molar-refractivity contribution in [3.63, 3.8) is 0 Å². The van der Waals surface area contributed by atoms with E-state index in [0.717, 1.165) is 50.6 Å². The summed E-state index contributed by atoms with van der Waals surface area (Å²) < 4.78 is 0. The molecule has 1 N–H and O–H groups in total. The summed E-state index contributed by atoms with van der Waals surface area (Å²) in [4.78, 5) is 28.4. The summed E-state index contributed by atoms with van der Waals surface area (Å²) in [5, 5.41) is 2.95. The van der Waals surface area contributed by atoms with E-state index in [1.807, 2.05) is 31.2 Å². The van der Waals surface area contributed by atoms with Crippen molar-refractivity contribution in [3.05, 3.63) is 41.7 Å². The Morgan fingerprint density at radius 3 is 2.32 bits per heavy atom. The van der Waals surface area contributed by atoms with Gasteiger partial charge in [-0.25, -0.2) is 9.97 Å².